The van der Waals surface area contributed by atoms with Crippen LogP contribution in [0.4, 0.5) is 5.82 Å². The normalized spacial score (nSPS) is 24.6. The van der Waals surface area contributed by atoms with E-state index >= 15 is 0 Å². The summed E-state index contributed by atoms with van der Waals surface area (Å²) in [6.45, 7) is 4.33. The van der Waals surface area contributed by atoms with Crippen LogP contribution in [0.25, 0.3) is 0 Å². The Kier molecular flexibility index (Phi) is 3.64. The van der Waals surface area contributed by atoms with Gasteiger partial charge in [0.05, 0.1) is 11.8 Å². The number of nitrogens with two attached hydrogens (primary N) is 1. The van der Waals surface area contributed by atoms with Gasteiger partial charge >= 0.3 is 0 Å². The fourth-order valence-corrected chi connectivity index (χ4v) is 2.62. The van der Waals surface area contributed by atoms with Crippen LogP contribution in [0.15, 0.2) is 17.4 Å². The molecule has 2 heterocycles. The van der Waals surface area contributed by atoms with Crippen molar-refractivity contribution in [3.63, 3.8) is 0 Å². The lowest BCUT2D eigenvalue weighted by Gasteiger charge is -2.29. The van der Waals surface area contributed by atoms with Gasteiger partial charge < -0.3 is 15.8 Å². The molecular weight excluding hydrogens is 230 g/mol. The Bertz CT molecular complexity index is 448. The van der Waals surface area contributed by atoms with Crippen molar-refractivity contribution in [1.29, 1.82) is 0 Å². The lowest BCUT2D eigenvalue weighted by atomic mass is 10.1. The molecule has 1 fully saturated rings. The van der Waals surface area contributed by atoms with Gasteiger partial charge in [0, 0.05) is 12.1 Å². The van der Waals surface area contributed by atoms with E-state index in [1.165, 1.54) is 0 Å². The first kappa shape index (κ1) is 12.6. The molecule has 98 valence electrons. The van der Waals surface area contributed by atoms with Crippen LogP contribution in [0.3, 0.4) is 0 Å². The Morgan fingerprint density at radius 2 is 2.39 bits per heavy atom. The number of aromatic nitrogens is 2. The summed E-state index contributed by atoms with van der Waals surface area (Å²) in [6.07, 6.45) is 4.88. The number of nitrogens with zero attached hydrogens (tertiary/aromatic N) is 4. The molecule has 0 bridgehead atoms. The van der Waals surface area contributed by atoms with Crippen molar-refractivity contribution in [2.24, 2.45) is 10.9 Å². The van der Waals surface area contributed by atoms with E-state index in [1.807, 2.05) is 0 Å². The molecule has 0 spiro atoms. The van der Waals surface area contributed by atoms with Crippen molar-refractivity contribution < 1.29 is 5.21 Å². The average molecular weight is 249 g/mol. The molecule has 2 atom stereocenters. The summed E-state index contributed by atoms with van der Waals surface area (Å²) >= 11 is 0. The topological polar surface area (TPSA) is 87.6 Å². The number of hydrogen-bond acceptors (Lipinski definition) is 5. The summed E-state index contributed by atoms with van der Waals surface area (Å²) in [5, 5.41) is 20.0. The molecule has 1 aromatic rings. The van der Waals surface area contributed by atoms with E-state index in [9.17, 15) is 0 Å². The second-order valence-corrected chi connectivity index (χ2v) is 4.65. The molecule has 0 radical (unpaired) electrons. The maximum atomic E-state index is 8.84. The summed E-state index contributed by atoms with van der Waals surface area (Å²) in [7, 11) is 0. The van der Waals surface area contributed by atoms with E-state index in [0.29, 0.717) is 23.5 Å². The first-order chi connectivity index (χ1) is 8.69. The quantitative estimate of drug-likeness (QED) is 0.365. The van der Waals surface area contributed by atoms with E-state index in [-0.39, 0.29) is 5.84 Å². The highest BCUT2D eigenvalue weighted by Gasteiger charge is 2.32. The number of amidine groups is 1. The van der Waals surface area contributed by atoms with Gasteiger partial charge in [-0.15, -0.1) is 5.10 Å². The monoisotopic (exact) mass is 249 g/mol. The van der Waals surface area contributed by atoms with Crippen molar-refractivity contribution in [1.82, 2.24) is 10.2 Å². The zero-order valence-corrected chi connectivity index (χ0v) is 10.7. The van der Waals surface area contributed by atoms with Gasteiger partial charge in [-0.1, -0.05) is 12.1 Å². The van der Waals surface area contributed by atoms with Crippen molar-refractivity contribution in [3.05, 3.63) is 17.8 Å². The van der Waals surface area contributed by atoms with Crippen LogP contribution in [-0.4, -0.2) is 33.3 Å². The summed E-state index contributed by atoms with van der Waals surface area (Å²) < 4.78 is 0. The largest absolute Gasteiger partial charge is 0.409 e. The van der Waals surface area contributed by atoms with Gasteiger partial charge in [0.2, 0.25) is 0 Å². The van der Waals surface area contributed by atoms with Gasteiger partial charge in [-0.2, -0.15) is 5.10 Å². The molecule has 0 aromatic carbocycles. The molecule has 3 N–H and O–H groups in total. The fraction of sp³-hybridized carbons (Fsp3) is 0.583. The second-order valence-electron chi connectivity index (χ2n) is 4.65. The summed E-state index contributed by atoms with van der Waals surface area (Å²) in [5.41, 5.74) is 6.34. The molecule has 1 aliphatic heterocycles. The van der Waals surface area contributed by atoms with Crippen molar-refractivity contribution >= 4 is 11.7 Å². The summed E-state index contributed by atoms with van der Waals surface area (Å²) in [6, 6.07) is 2.58. The van der Waals surface area contributed by atoms with Gasteiger partial charge in [0.25, 0.3) is 0 Å². The Balaban J connectivity index is 2.44. The van der Waals surface area contributed by atoms with Crippen LogP contribution in [0.5, 0.6) is 0 Å². The highest BCUT2D eigenvalue weighted by atomic mass is 16.4. The minimum atomic E-state index is 0.0776. The van der Waals surface area contributed by atoms with Crippen LogP contribution in [0.2, 0.25) is 0 Å². The molecule has 1 saturated heterocycles. The number of hydrogen-bond donors (Lipinski definition) is 2. The highest BCUT2D eigenvalue weighted by molar-refractivity contribution is 6.01. The minimum absolute atomic E-state index is 0.0776. The Morgan fingerprint density at radius 3 is 3.06 bits per heavy atom. The van der Waals surface area contributed by atoms with E-state index in [4.69, 9.17) is 10.9 Å². The number of oxime groups is 1. The minimum Gasteiger partial charge on any atom is -0.409 e. The van der Waals surface area contributed by atoms with E-state index in [0.717, 1.165) is 19.3 Å². The third-order valence-electron chi connectivity index (χ3n) is 3.59. The van der Waals surface area contributed by atoms with Crippen molar-refractivity contribution in [2.75, 3.05) is 4.90 Å². The maximum Gasteiger partial charge on any atom is 0.173 e. The van der Waals surface area contributed by atoms with Crippen molar-refractivity contribution in [3.8, 4) is 0 Å². The van der Waals surface area contributed by atoms with Crippen LogP contribution in [0, 0.1) is 0 Å². The maximum absolute atomic E-state index is 8.84. The highest BCUT2D eigenvalue weighted by Crippen LogP contribution is 2.32. The Labute approximate surface area is 106 Å². The summed E-state index contributed by atoms with van der Waals surface area (Å²) in [5.74, 6) is 0.790. The molecule has 6 heteroatoms. The van der Waals surface area contributed by atoms with Crippen molar-refractivity contribution in [2.45, 2.75) is 45.2 Å². The fourth-order valence-electron chi connectivity index (χ4n) is 2.62. The first-order valence-electron chi connectivity index (χ1n) is 6.27. The molecule has 6 nitrogen and oxygen atoms in total. The second kappa shape index (κ2) is 5.20. The molecular formula is C12H19N5O. The zero-order valence-electron chi connectivity index (χ0n) is 10.7. The van der Waals surface area contributed by atoms with Gasteiger partial charge in [-0.05, 0) is 32.3 Å². The van der Waals surface area contributed by atoms with E-state index in [2.05, 4.69) is 34.1 Å². The Hall–Kier alpha value is -1.85. The van der Waals surface area contributed by atoms with E-state index < -0.39 is 0 Å². The third-order valence-corrected chi connectivity index (χ3v) is 3.59. The van der Waals surface area contributed by atoms with Gasteiger partial charge in [0.1, 0.15) is 0 Å². The predicted octanol–water partition coefficient (Wildman–Crippen LogP) is 1.34. The summed E-state index contributed by atoms with van der Waals surface area (Å²) in [4.78, 5) is 2.24. The molecule has 1 aliphatic rings. The molecule has 1 aromatic heterocycles. The molecule has 2 rings (SSSR count). The SMILES string of the molecule is CCC1CCC(C)N1c1nnccc1/C(N)=N/O. The van der Waals surface area contributed by atoms with Crippen LogP contribution >= 0.6 is 0 Å². The van der Waals surface area contributed by atoms with Crippen LogP contribution in [-0.2, 0) is 0 Å². The van der Waals surface area contributed by atoms with Crippen LogP contribution in [0.1, 0.15) is 38.7 Å². The zero-order chi connectivity index (χ0) is 13.1. The number of rotatable bonds is 3. The molecule has 18 heavy (non-hydrogen) atoms. The standard InChI is InChI=1S/C12H19N5O/c1-3-9-5-4-8(2)17(9)12-10(11(13)16-18)6-7-14-15-12/h6-9,18H,3-5H2,1-2H3,(H2,13,16). The smallest absolute Gasteiger partial charge is 0.173 e. The predicted molar refractivity (Wildman–Crippen MR) is 69.8 cm³/mol. The number of anilines is 1. The lowest BCUT2D eigenvalue weighted by molar-refractivity contribution is 0.318. The molecule has 0 aliphatic carbocycles. The van der Waals surface area contributed by atoms with Gasteiger partial charge in [0.15, 0.2) is 11.7 Å². The molecule has 0 saturated carbocycles. The Morgan fingerprint density at radius 1 is 1.61 bits per heavy atom. The van der Waals surface area contributed by atoms with E-state index in [1.54, 1.807) is 12.3 Å². The average Bonchev–Trinajstić information content (AvgIpc) is 2.78. The first-order valence-corrected chi connectivity index (χ1v) is 6.27. The van der Waals surface area contributed by atoms with Gasteiger partial charge in [-0.25, -0.2) is 0 Å². The third kappa shape index (κ3) is 2.10. The molecule has 0 amide bonds. The van der Waals surface area contributed by atoms with Gasteiger partial charge in [-0.3, -0.25) is 0 Å². The molecule has 2 unspecified atom stereocenters. The van der Waals surface area contributed by atoms with Crippen LogP contribution < -0.4 is 10.6 Å². The lowest BCUT2D eigenvalue weighted by Crippen LogP contribution is -2.37.